The lowest BCUT2D eigenvalue weighted by atomic mass is 10.1. The van der Waals surface area contributed by atoms with Gasteiger partial charge in [-0.25, -0.2) is 9.88 Å². The quantitative estimate of drug-likeness (QED) is 0.410. The molecule has 1 aromatic carbocycles. The molecule has 35 heavy (non-hydrogen) atoms. The number of benzene rings is 1. The minimum atomic E-state index is -4.31. The van der Waals surface area contributed by atoms with Gasteiger partial charge in [0.05, 0.1) is 11.4 Å². The number of hydrogen-bond donors (Lipinski definition) is 1. The molecule has 0 saturated carbocycles. The molecular formula is C26H25F3N6. The first-order valence-electron chi connectivity index (χ1n) is 11.5. The molecule has 3 aromatic heterocycles. The van der Waals surface area contributed by atoms with Crippen molar-refractivity contribution in [3.05, 3.63) is 71.7 Å². The van der Waals surface area contributed by atoms with E-state index in [1.54, 1.807) is 6.07 Å². The fourth-order valence-corrected chi connectivity index (χ4v) is 4.65. The van der Waals surface area contributed by atoms with Crippen molar-refractivity contribution >= 4 is 5.65 Å². The van der Waals surface area contributed by atoms with Gasteiger partial charge < -0.3 is 9.38 Å². The maximum absolute atomic E-state index is 13.3. The van der Waals surface area contributed by atoms with E-state index in [2.05, 4.69) is 23.2 Å². The van der Waals surface area contributed by atoms with Crippen molar-refractivity contribution in [3.8, 4) is 28.6 Å². The summed E-state index contributed by atoms with van der Waals surface area (Å²) in [5, 5.41) is 9.26. The van der Waals surface area contributed by atoms with Crippen molar-refractivity contribution in [1.29, 1.82) is 5.26 Å². The number of alkyl halides is 3. The van der Waals surface area contributed by atoms with Gasteiger partial charge >= 0.3 is 6.30 Å². The van der Waals surface area contributed by atoms with E-state index in [1.807, 2.05) is 52.8 Å². The van der Waals surface area contributed by atoms with Gasteiger partial charge in [0.15, 0.2) is 0 Å². The highest BCUT2D eigenvalue weighted by Gasteiger charge is 2.37. The molecule has 0 amide bonds. The number of aromatic amines is 1. The fraction of sp³-hybridized carbons (Fsp3) is 0.308. The van der Waals surface area contributed by atoms with E-state index < -0.39 is 6.30 Å². The Bertz CT molecular complexity index is 1390. The highest BCUT2D eigenvalue weighted by atomic mass is 19.4. The number of aryl methyl sites for hydroxylation is 1. The molecule has 1 aliphatic heterocycles. The summed E-state index contributed by atoms with van der Waals surface area (Å²) in [6, 6.07) is 17.8. The van der Waals surface area contributed by atoms with E-state index in [0.29, 0.717) is 48.0 Å². The monoisotopic (exact) mass is 478 g/mol. The number of imidazole rings is 1. The van der Waals surface area contributed by atoms with Gasteiger partial charge in [-0.15, -0.1) is 0 Å². The van der Waals surface area contributed by atoms with Crippen LogP contribution in [0, 0.1) is 18.3 Å². The Kier molecular flexibility index (Phi) is 6.09. The van der Waals surface area contributed by atoms with Crippen LogP contribution in [0.4, 0.5) is 13.2 Å². The van der Waals surface area contributed by atoms with Crippen LogP contribution in [0.5, 0.6) is 0 Å². The molecule has 1 saturated heterocycles. The molecule has 0 aliphatic carbocycles. The first-order valence-corrected chi connectivity index (χ1v) is 11.5. The summed E-state index contributed by atoms with van der Waals surface area (Å²) >= 11 is 0. The van der Waals surface area contributed by atoms with Gasteiger partial charge in [0, 0.05) is 32.4 Å². The molecule has 0 spiro atoms. The molecule has 0 bridgehead atoms. The van der Waals surface area contributed by atoms with Gasteiger partial charge in [-0.3, -0.25) is 4.90 Å². The zero-order chi connectivity index (χ0) is 24.6. The lowest BCUT2D eigenvalue weighted by molar-refractivity contribution is -0.244. The van der Waals surface area contributed by atoms with Crippen molar-refractivity contribution in [2.45, 2.75) is 26.2 Å². The van der Waals surface area contributed by atoms with Gasteiger partial charge in [-0.05, 0) is 55.3 Å². The zero-order valence-electron chi connectivity index (χ0n) is 19.3. The van der Waals surface area contributed by atoms with E-state index in [4.69, 9.17) is 4.98 Å². The molecular weight excluding hydrogens is 453 g/mol. The van der Waals surface area contributed by atoms with Crippen LogP contribution in [-0.2, 0) is 6.54 Å². The lowest BCUT2D eigenvalue weighted by Gasteiger charge is -2.23. The molecule has 4 heterocycles. The Balaban J connectivity index is 1.55. The van der Waals surface area contributed by atoms with Crippen LogP contribution in [0.2, 0.25) is 0 Å². The van der Waals surface area contributed by atoms with E-state index >= 15 is 0 Å². The number of nitrogens with zero attached hydrogens (tertiary/aromatic N) is 5. The van der Waals surface area contributed by atoms with Crippen LogP contribution in [0.25, 0.3) is 28.2 Å². The molecule has 180 valence electrons. The maximum Gasteiger partial charge on any atom is 0.459 e. The molecule has 4 aromatic rings. The zero-order valence-corrected chi connectivity index (χ0v) is 19.3. The summed E-state index contributed by atoms with van der Waals surface area (Å²) in [6.45, 7) is 3.29. The Morgan fingerprint density at radius 2 is 1.89 bits per heavy atom. The predicted molar refractivity (Wildman–Crippen MR) is 127 cm³/mol. The third kappa shape index (κ3) is 4.81. The minimum absolute atomic E-state index is 0.000324. The molecule has 1 fully saturated rings. The minimum Gasteiger partial charge on any atom is -0.345 e. The van der Waals surface area contributed by atoms with E-state index in [1.165, 1.54) is 0 Å². The van der Waals surface area contributed by atoms with Crippen LogP contribution >= 0.6 is 0 Å². The topological polar surface area (TPSA) is 63.4 Å². The molecule has 9 heteroatoms. The SMILES string of the molecule is Cc1cccc(-c2ccc3nc(-c4ccc(C#N)[nH]4)c(CN4CCCN(C(F)(F)F)CC4)n3c2)c1. The average molecular weight is 479 g/mol. The number of hydrogen-bond acceptors (Lipinski definition) is 4. The number of aromatic nitrogens is 3. The molecule has 5 rings (SSSR count). The third-order valence-electron chi connectivity index (χ3n) is 6.45. The fourth-order valence-electron chi connectivity index (χ4n) is 4.65. The summed E-state index contributed by atoms with van der Waals surface area (Å²) in [5.41, 5.74) is 6.72. The van der Waals surface area contributed by atoms with Crippen molar-refractivity contribution in [2.24, 2.45) is 0 Å². The van der Waals surface area contributed by atoms with Gasteiger partial charge in [0.25, 0.3) is 0 Å². The highest BCUT2D eigenvalue weighted by molar-refractivity contribution is 5.69. The Morgan fingerprint density at radius 1 is 1.03 bits per heavy atom. The number of rotatable bonds is 4. The predicted octanol–water partition coefficient (Wildman–Crippen LogP) is 5.20. The molecule has 6 nitrogen and oxygen atoms in total. The normalized spacial score (nSPS) is 15.9. The summed E-state index contributed by atoms with van der Waals surface area (Å²) < 4.78 is 41.8. The van der Waals surface area contributed by atoms with E-state index in [0.717, 1.165) is 28.0 Å². The average Bonchev–Trinajstić information content (AvgIpc) is 3.36. The number of nitriles is 1. The van der Waals surface area contributed by atoms with Crippen molar-refractivity contribution in [1.82, 2.24) is 24.2 Å². The molecule has 0 radical (unpaired) electrons. The smallest absolute Gasteiger partial charge is 0.345 e. The van der Waals surface area contributed by atoms with Crippen molar-refractivity contribution < 1.29 is 13.2 Å². The van der Waals surface area contributed by atoms with Crippen LogP contribution < -0.4 is 0 Å². The molecule has 1 N–H and O–H groups in total. The second kappa shape index (κ2) is 9.21. The van der Waals surface area contributed by atoms with Crippen molar-refractivity contribution in [3.63, 3.8) is 0 Å². The van der Waals surface area contributed by atoms with Crippen LogP contribution in [0.3, 0.4) is 0 Å². The second-order valence-electron chi connectivity index (χ2n) is 8.90. The Morgan fingerprint density at radius 3 is 2.63 bits per heavy atom. The molecule has 1 aliphatic rings. The van der Waals surface area contributed by atoms with Crippen LogP contribution in [0.15, 0.2) is 54.7 Å². The summed E-state index contributed by atoms with van der Waals surface area (Å²) in [5.74, 6) is 0. The summed E-state index contributed by atoms with van der Waals surface area (Å²) in [4.78, 5) is 10.6. The standard InChI is InChI=1S/C26H25F3N6/c1-18-4-2-5-19(14-18)20-6-9-24-32-25(22-8-7-21(15-30)31-22)23(35(24)16-20)17-33-10-3-11-34(13-12-33)26(27,28)29/h2,4-9,14,16,31H,3,10-13,17H2,1H3. The number of pyridine rings is 1. The molecule has 0 unspecified atom stereocenters. The Labute approximate surface area is 201 Å². The van der Waals surface area contributed by atoms with Crippen LogP contribution in [-0.4, -0.2) is 56.6 Å². The highest BCUT2D eigenvalue weighted by Crippen LogP contribution is 2.29. The van der Waals surface area contributed by atoms with Gasteiger partial charge in [0.2, 0.25) is 0 Å². The van der Waals surface area contributed by atoms with Gasteiger partial charge in [-0.2, -0.15) is 18.4 Å². The van der Waals surface area contributed by atoms with Crippen LogP contribution in [0.1, 0.15) is 23.4 Å². The lowest BCUT2D eigenvalue weighted by Crippen LogP contribution is -2.40. The molecule has 0 atom stereocenters. The number of halogens is 3. The van der Waals surface area contributed by atoms with E-state index in [-0.39, 0.29) is 13.1 Å². The van der Waals surface area contributed by atoms with Gasteiger partial charge in [0.1, 0.15) is 23.1 Å². The summed E-state index contributed by atoms with van der Waals surface area (Å²) in [6.07, 6.45) is -1.85. The van der Waals surface area contributed by atoms with Crippen molar-refractivity contribution in [2.75, 3.05) is 26.2 Å². The largest absolute Gasteiger partial charge is 0.459 e. The first-order chi connectivity index (χ1) is 16.8. The number of nitrogens with one attached hydrogen (secondary N) is 1. The first kappa shape index (κ1) is 23.1. The van der Waals surface area contributed by atoms with Gasteiger partial charge in [-0.1, -0.05) is 29.8 Å². The third-order valence-corrected chi connectivity index (χ3v) is 6.45. The Hall–Kier alpha value is -3.61. The number of H-pyrrole nitrogens is 1. The maximum atomic E-state index is 13.3. The second-order valence-corrected chi connectivity index (χ2v) is 8.90. The number of fused-ring (bicyclic) bond motifs is 1. The summed E-state index contributed by atoms with van der Waals surface area (Å²) in [7, 11) is 0. The van der Waals surface area contributed by atoms with E-state index in [9.17, 15) is 18.4 Å².